The first-order valence-corrected chi connectivity index (χ1v) is 6.57. The van der Waals surface area contributed by atoms with E-state index < -0.39 is 0 Å². The molecule has 1 N–H and O–H groups in total. The highest BCUT2D eigenvalue weighted by Crippen LogP contribution is 2.23. The van der Waals surface area contributed by atoms with Gasteiger partial charge in [-0.1, -0.05) is 12.1 Å². The van der Waals surface area contributed by atoms with Crippen LogP contribution in [0, 0.1) is 6.92 Å². The van der Waals surface area contributed by atoms with Gasteiger partial charge >= 0.3 is 0 Å². The quantitative estimate of drug-likeness (QED) is 0.879. The molecule has 0 fully saturated rings. The Morgan fingerprint density at radius 2 is 1.89 bits per heavy atom. The summed E-state index contributed by atoms with van der Waals surface area (Å²) in [6, 6.07) is 7.44. The maximum Gasteiger partial charge on any atom is 0.115 e. The van der Waals surface area contributed by atoms with Gasteiger partial charge in [0.15, 0.2) is 0 Å². The van der Waals surface area contributed by atoms with Crippen LogP contribution < -0.4 is 0 Å². The number of aromatic hydroxyl groups is 1. The molecule has 3 rings (SSSR count). The van der Waals surface area contributed by atoms with Crippen LogP contribution in [0.5, 0.6) is 5.75 Å². The first kappa shape index (κ1) is 11.3. The predicted octanol–water partition coefficient (Wildman–Crippen LogP) is 2.82. The van der Waals surface area contributed by atoms with Crippen LogP contribution in [0.2, 0.25) is 0 Å². The third-order valence-corrected chi connectivity index (χ3v) is 3.70. The molecule has 0 aliphatic heterocycles. The molecule has 0 bridgehead atoms. The van der Waals surface area contributed by atoms with Crippen LogP contribution in [0.1, 0.15) is 35.6 Å². The average molecular weight is 242 g/mol. The van der Waals surface area contributed by atoms with Crippen molar-refractivity contribution in [2.75, 3.05) is 0 Å². The number of imidazole rings is 1. The molecule has 1 aliphatic rings. The fraction of sp³-hybridized carbons (Fsp3) is 0.400. The van der Waals surface area contributed by atoms with Crippen LogP contribution in [0.3, 0.4) is 0 Å². The smallest absolute Gasteiger partial charge is 0.115 e. The first-order chi connectivity index (χ1) is 8.74. The number of hydrogen-bond acceptors (Lipinski definition) is 2. The summed E-state index contributed by atoms with van der Waals surface area (Å²) in [5.74, 6) is 1.43. The summed E-state index contributed by atoms with van der Waals surface area (Å²) in [6.07, 6.45) is 4.81. The Bertz CT molecular complexity index is 555. The van der Waals surface area contributed by atoms with Crippen molar-refractivity contribution in [3.05, 3.63) is 47.0 Å². The Morgan fingerprint density at radius 1 is 1.17 bits per heavy atom. The molecule has 1 heterocycles. The topological polar surface area (TPSA) is 38.0 Å². The molecule has 0 unspecified atom stereocenters. The number of hydrogen-bond donors (Lipinski definition) is 1. The van der Waals surface area contributed by atoms with Crippen molar-refractivity contribution >= 4 is 0 Å². The molecule has 0 amide bonds. The minimum Gasteiger partial charge on any atom is -0.508 e. The number of benzene rings is 1. The van der Waals surface area contributed by atoms with Crippen LogP contribution in [-0.4, -0.2) is 14.7 Å². The van der Waals surface area contributed by atoms with E-state index in [1.165, 1.54) is 29.8 Å². The summed E-state index contributed by atoms with van der Waals surface area (Å²) in [4.78, 5) is 4.68. The van der Waals surface area contributed by atoms with Crippen molar-refractivity contribution in [3.8, 4) is 5.75 Å². The molecule has 0 saturated heterocycles. The lowest BCUT2D eigenvalue weighted by molar-refractivity contribution is 0.475. The Hall–Kier alpha value is -1.77. The van der Waals surface area contributed by atoms with E-state index in [0.717, 1.165) is 25.2 Å². The number of phenolic OH excluding ortho intramolecular Hbond substituents is 1. The maximum atomic E-state index is 9.31. The monoisotopic (exact) mass is 242 g/mol. The summed E-state index contributed by atoms with van der Waals surface area (Å²) in [6.45, 7) is 2.94. The molecule has 0 spiro atoms. The number of aryl methyl sites for hydroxylation is 2. The molecule has 0 saturated carbocycles. The van der Waals surface area contributed by atoms with Crippen LogP contribution in [0.15, 0.2) is 24.3 Å². The lowest BCUT2D eigenvalue weighted by Crippen LogP contribution is -2.10. The van der Waals surface area contributed by atoms with Gasteiger partial charge in [0.2, 0.25) is 0 Å². The Balaban J connectivity index is 1.92. The second kappa shape index (κ2) is 4.48. The van der Waals surface area contributed by atoms with Crippen LogP contribution in [0.25, 0.3) is 0 Å². The maximum absolute atomic E-state index is 9.31. The summed E-state index contributed by atoms with van der Waals surface area (Å²) in [5, 5.41) is 9.31. The lowest BCUT2D eigenvalue weighted by Gasteiger charge is -2.14. The van der Waals surface area contributed by atoms with Gasteiger partial charge < -0.3 is 9.67 Å². The van der Waals surface area contributed by atoms with E-state index in [-0.39, 0.29) is 0 Å². The van der Waals surface area contributed by atoms with E-state index in [1.807, 2.05) is 12.1 Å². The minimum absolute atomic E-state index is 0.322. The van der Waals surface area contributed by atoms with E-state index in [9.17, 15) is 5.11 Å². The zero-order valence-electron chi connectivity index (χ0n) is 10.7. The fourth-order valence-electron chi connectivity index (χ4n) is 2.73. The third-order valence-electron chi connectivity index (χ3n) is 3.70. The van der Waals surface area contributed by atoms with Gasteiger partial charge in [-0.25, -0.2) is 4.98 Å². The molecule has 2 aromatic rings. The van der Waals surface area contributed by atoms with Crippen molar-refractivity contribution in [2.45, 2.75) is 39.2 Å². The number of nitrogens with zero attached hydrogens (tertiary/aromatic N) is 2. The van der Waals surface area contributed by atoms with Gasteiger partial charge in [0.05, 0.1) is 5.69 Å². The molecule has 1 aromatic carbocycles. The fourth-order valence-corrected chi connectivity index (χ4v) is 2.73. The van der Waals surface area contributed by atoms with Gasteiger partial charge in [0.1, 0.15) is 11.6 Å². The van der Waals surface area contributed by atoms with Gasteiger partial charge in [0, 0.05) is 12.2 Å². The van der Waals surface area contributed by atoms with E-state index in [1.54, 1.807) is 12.1 Å². The molecule has 18 heavy (non-hydrogen) atoms. The average Bonchev–Trinajstić information content (AvgIpc) is 2.69. The second-order valence-electron chi connectivity index (χ2n) is 5.01. The molecule has 3 nitrogen and oxygen atoms in total. The van der Waals surface area contributed by atoms with Gasteiger partial charge in [-0.2, -0.15) is 0 Å². The zero-order valence-corrected chi connectivity index (χ0v) is 10.7. The highest BCUT2D eigenvalue weighted by molar-refractivity contribution is 5.28. The number of phenols is 1. The normalized spacial score (nSPS) is 14.5. The van der Waals surface area contributed by atoms with Gasteiger partial charge in [-0.05, 0) is 50.3 Å². The van der Waals surface area contributed by atoms with Gasteiger partial charge in [-0.15, -0.1) is 0 Å². The summed E-state index contributed by atoms with van der Waals surface area (Å²) < 4.78 is 2.32. The van der Waals surface area contributed by atoms with Crippen molar-refractivity contribution in [3.63, 3.8) is 0 Å². The van der Waals surface area contributed by atoms with Crippen molar-refractivity contribution < 1.29 is 5.11 Å². The van der Waals surface area contributed by atoms with Crippen molar-refractivity contribution in [1.82, 2.24) is 9.55 Å². The van der Waals surface area contributed by atoms with Gasteiger partial charge in [0.25, 0.3) is 0 Å². The Morgan fingerprint density at radius 3 is 2.67 bits per heavy atom. The standard InChI is InChI=1S/C15H18N2O/c1-11-16-14-4-2-3-5-15(14)17(11)10-12-6-8-13(18)9-7-12/h6-9,18H,2-5,10H2,1H3. The van der Waals surface area contributed by atoms with Crippen LogP contribution in [0.4, 0.5) is 0 Å². The van der Waals surface area contributed by atoms with Crippen LogP contribution in [-0.2, 0) is 19.4 Å². The number of rotatable bonds is 2. The van der Waals surface area contributed by atoms with E-state index in [2.05, 4.69) is 16.5 Å². The Kier molecular flexibility index (Phi) is 2.82. The number of fused-ring (bicyclic) bond motifs is 1. The van der Waals surface area contributed by atoms with Gasteiger partial charge in [-0.3, -0.25) is 0 Å². The third kappa shape index (κ3) is 2.01. The minimum atomic E-state index is 0.322. The van der Waals surface area contributed by atoms with E-state index >= 15 is 0 Å². The molecule has 0 atom stereocenters. The molecule has 3 heteroatoms. The summed E-state index contributed by atoms with van der Waals surface area (Å²) in [7, 11) is 0. The highest BCUT2D eigenvalue weighted by atomic mass is 16.3. The largest absolute Gasteiger partial charge is 0.508 e. The SMILES string of the molecule is Cc1nc2c(n1Cc1ccc(O)cc1)CCCC2. The van der Waals surface area contributed by atoms with Crippen LogP contribution >= 0.6 is 0 Å². The highest BCUT2D eigenvalue weighted by Gasteiger charge is 2.17. The summed E-state index contributed by atoms with van der Waals surface area (Å²) >= 11 is 0. The predicted molar refractivity (Wildman–Crippen MR) is 70.8 cm³/mol. The lowest BCUT2D eigenvalue weighted by atomic mass is 10.0. The first-order valence-electron chi connectivity index (χ1n) is 6.57. The molecular weight excluding hydrogens is 224 g/mol. The van der Waals surface area contributed by atoms with E-state index in [0.29, 0.717) is 5.75 Å². The molecule has 0 radical (unpaired) electrons. The number of aromatic nitrogens is 2. The Labute approximate surface area is 107 Å². The van der Waals surface area contributed by atoms with Crippen molar-refractivity contribution in [2.24, 2.45) is 0 Å². The van der Waals surface area contributed by atoms with Crippen molar-refractivity contribution in [1.29, 1.82) is 0 Å². The zero-order chi connectivity index (χ0) is 12.5. The summed E-state index contributed by atoms with van der Waals surface area (Å²) in [5.41, 5.74) is 3.91. The molecule has 94 valence electrons. The molecular formula is C15H18N2O. The second-order valence-corrected chi connectivity index (χ2v) is 5.01. The molecule has 1 aliphatic carbocycles. The van der Waals surface area contributed by atoms with E-state index in [4.69, 9.17) is 0 Å². The molecule has 1 aromatic heterocycles.